The number of phenolic OH excluding ortho intramolecular Hbond substituents is 1. The number of aryl methyl sites for hydroxylation is 2. The molecule has 0 radical (unpaired) electrons. The van der Waals surface area contributed by atoms with Crippen molar-refractivity contribution in [3.63, 3.8) is 0 Å². The largest absolute Gasteiger partial charge is 0.507 e. The van der Waals surface area contributed by atoms with Gasteiger partial charge in [-0.2, -0.15) is 5.10 Å². The molecule has 4 heterocycles. The van der Waals surface area contributed by atoms with Crippen LogP contribution in [-0.4, -0.2) is 55.4 Å². The number of amides is 1. The minimum atomic E-state index is -0.557. The maximum Gasteiger partial charge on any atom is 0.261 e. The van der Waals surface area contributed by atoms with Gasteiger partial charge in [0.25, 0.3) is 5.91 Å². The summed E-state index contributed by atoms with van der Waals surface area (Å²) in [4.78, 5) is 19.6. The number of imidazole rings is 1. The molecule has 9 nitrogen and oxygen atoms in total. The van der Waals surface area contributed by atoms with Crippen LogP contribution in [0.2, 0.25) is 0 Å². The highest BCUT2D eigenvalue weighted by Crippen LogP contribution is 2.37. The van der Waals surface area contributed by atoms with Gasteiger partial charge in [0.1, 0.15) is 16.8 Å². The maximum atomic E-state index is 14.5. The van der Waals surface area contributed by atoms with Crippen LogP contribution < -0.4 is 15.5 Å². The van der Waals surface area contributed by atoms with Crippen molar-refractivity contribution in [1.82, 2.24) is 24.5 Å². The molecule has 3 N–H and O–H groups in total. The Morgan fingerprint density at radius 1 is 1.18 bits per heavy atom. The molecule has 6 rings (SSSR count). The maximum absolute atomic E-state index is 14.5. The Hall–Kier alpha value is -3.66. The molecule has 1 aliphatic carbocycles. The van der Waals surface area contributed by atoms with Gasteiger partial charge < -0.3 is 25.0 Å². The standard InChI is InChI=1S/C24H26FN7O2/c1-13-9-32-11-16(7-18(25)23(32)26-13)28-24(34)21-20(33)8-19(17-12-30(2)29-22(17)21)31-6-5-15(10-31)27-14-3-4-14/h7-9,11-12,14-15,27,33H,3-6,10H2,1-2H3,(H,28,34). The number of benzene rings is 1. The zero-order chi connectivity index (χ0) is 23.6. The molecule has 1 saturated carbocycles. The molecule has 1 saturated heterocycles. The molecule has 3 aromatic heterocycles. The molecule has 1 atom stereocenters. The highest BCUT2D eigenvalue weighted by molar-refractivity contribution is 6.16. The molecule has 2 aliphatic rings. The molecule has 2 fully saturated rings. The number of fused-ring (bicyclic) bond motifs is 2. The minimum absolute atomic E-state index is 0.0634. The third kappa shape index (κ3) is 3.63. The Morgan fingerprint density at radius 3 is 2.79 bits per heavy atom. The lowest BCUT2D eigenvalue weighted by atomic mass is 10.1. The molecule has 0 bridgehead atoms. The van der Waals surface area contributed by atoms with E-state index in [9.17, 15) is 14.3 Å². The van der Waals surface area contributed by atoms with Crippen LogP contribution in [0.1, 0.15) is 35.3 Å². The second kappa shape index (κ2) is 7.69. The van der Waals surface area contributed by atoms with Crippen molar-refractivity contribution in [1.29, 1.82) is 0 Å². The third-order valence-corrected chi connectivity index (χ3v) is 6.56. The number of rotatable bonds is 5. The van der Waals surface area contributed by atoms with E-state index in [2.05, 4.69) is 25.6 Å². The monoisotopic (exact) mass is 463 g/mol. The molecule has 1 amide bonds. The van der Waals surface area contributed by atoms with Crippen LogP contribution in [0.4, 0.5) is 15.8 Å². The quantitative estimate of drug-likeness (QED) is 0.421. The Kier molecular flexibility index (Phi) is 4.73. The SMILES string of the molecule is Cc1cn2cc(NC(=O)c3c(O)cc(N4CCC(NC5CC5)C4)c4cn(C)nc34)cc(F)c2n1. The van der Waals surface area contributed by atoms with Gasteiger partial charge in [0.15, 0.2) is 11.5 Å². The van der Waals surface area contributed by atoms with Crippen LogP contribution >= 0.6 is 0 Å². The number of hydrogen-bond donors (Lipinski definition) is 3. The van der Waals surface area contributed by atoms with Gasteiger partial charge >= 0.3 is 0 Å². The van der Waals surface area contributed by atoms with Gasteiger partial charge in [-0.1, -0.05) is 0 Å². The van der Waals surface area contributed by atoms with Crippen molar-refractivity contribution < 1.29 is 14.3 Å². The number of phenols is 1. The zero-order valence-corrected chi connectivity index (χ0v) is 19.0. The summed E-state index contributed by atoms with van der Waals surface area (Å²) in [7, 11) is 1.79. The lowest BCUT2D eigenvalue weighted by Crippen LogP contribution is -2.34. The molecule has 1 unspecified atom stereocenters. The van der Waals surface area contributed by atoms with Gasteiger partial charge in [0, 0.05) is 68.3 Å². The number of aromatic hydroxyl groups is 1. The zero-order valence-electron chi connectivity index (χ0n) is 19.0. The van der Waals surface area contributed by atoms with Gasteiger partial charge in [0.05, 0.1) is 17.1 Å². The normalized spacial score (nSPS) is 18.3. The predicted octanol–water partition coefficient (Wildman–Crippen LogP) is 2.96. The van der Waals surface area contributed by atoms with Crippen LogP contribution in [0.25, 0.3) is 16.6 Å². The van der Waals surface area contributed by atoms with E-state index in [0.29, 0.717) is 23.3 Å². The first-order chi connectivity index (χ1) is 16.4. The summed E-state index contributed by atoms with van der Waals surface area (Å²) in [5.74, 6) is -1.26. The number of pyridine rings is 1. The van der Waals surface area contributed by atoms with Crippen molar-refractivity contribution in [3.8, 4) is 5.75 Å². The Balaban J connectivity index is 1.33. The molecule has 0 spiro atoms. The van der Waals surface area contributed by atoms with Gasteiger partial charge in [-0.15, -0.1) is 0 Å². The van der Waals surface area contributed by atoms with Gasteiger partial charge in [-0.05, 0) is 26.2 Å². The summed E-state index contributed by atoms with van der Waals surface area (Å²) < 4.78 is 17.6. The fraction of sp³-hybridized carbons (Fsp3) is 0.375. The van der Waals surface area contributed by atoms with Crippen molar-refractivity contribution in [2.45, 2.75) is 38.3 Å². The van der Waals surface area contributed by atoms with Crippen molar-refractivity contribution in [2.75, 3.05) is 23.3 Å². The molecule has 10 heteroatoms. The fourth-order valence-electron chi connectivity index (χ4n) is 4.89. The van der Waals surface area contributed by atoms with E-state index in [0.717, 1.165) is 30.6 Å². The Labute approximate surface area is 195 Å². The molecule has 176 valence electrons. The van der Waals surface area contributed by atoms with Gasteiger partial charge in [-0.3, -0.25) is 9.48 Å². The number of anilines is 2. The summed E-state index contributed by atoms with van der Waals surface area (Å²) in [5.41, 5.74) is 2.45. The van der Waals surface area contributed by atoms with Gasteiger partial charge in [-0.25, -0.2) is 9.37 Å². The smallest absolute Gasteiger partial charge is 0.261 e. The van der Waals surface area contributed by atoms with Crippen LogP contribution in [-0.2, 0) is 7.05 Å². The minimum Gasteiger partial charge on any atom is -0.507 e. The van der Waals surface area contributed by atoms with Gasteiger partial charge in [0.2, 0.25) is 0 Å². The molecule has 34 heavy (non-hydrogen) atoms. The number of carbonyl (C=O) groups excluding carboxylic acids is 1. The second-order valence-electron chi connectivity index (χ2n) is 9.37. The van der Waals surface area contributed by atoms with Crippen molar-refractivity contribution in [2.24, 2.45) is 7.05 Å². The third-order valence-electron chi connectivity index (χ3n) is 6.56. The number of aromatic nitrogens is 4. The summed E-state index contributed by atoms with van der Waals surface area (Å²) >= 11 is 0. The summed E-state index contributed by atoms with van der Waals surface area (Å²) in [5, 5.41) is 22.6. The van der Waals surface area contributed by atoms with E-state index < -0.39 is 11.7 Å². The number of carbonyl (C=O) groups is 1. The number of nitrogens with one attached hydrogen (secondary N) is 2. The van der Waals surface area contributed by atoms with E-state index in [1.165, 1.54) is 23.3 Å². The first-order valence-corrected chi connectivity index (χ1v) is 11.5. The van der Waals surface area contributed by atoms with Crippen molar-refractivity contribution >= 4 is 33.8 Å². The topological polar surface area (TPSA) is 99.7 Å². The lowest BCUT2D eigenvalue weighted by molar-refractivity contribution is 0.102. The second-order valence-corrected chi connectivity index (χ2v) is 9.37. The van der Waals surface area contributed by atoms with Crippen LogP contribution in [0.5, 0.6) is 5.75 Å². The molecule has 4 aromatic rings. The number of nitrogens with zero attached hydrogens (tertiary/aromatic N) is 5. The average Bonchev–Trinajstić information content (AvgIpc) is 3.13. The van der Waals surface area contributed by atoms with Crippen LogP contribution in [0.3, 0.4) is 0 Å². The molecular formula is C24H26FN7O2. The van der Waals surface area contributed by atoms with E-state index >= 15 is 0 Å². The summed E-state index contributed by atoms with van der Waals surface area (Å²) in [6.07, 6.45) is 8.65. The van der Waals surface area contributed by atoms with Crippen molar-refractivity contribution in [3.05, 3.63) is 47.8 Å². The van der Waals surface area contributed by atoms with Crippen LogP contribution in [0, 0.1) is 12.7 Å². The highest BCUT2D eigenvalue weighted by atomic mass is 19.1. The van der Waals surface area contributed by atoms with E-state index in [4.69, 9.17) is 0 Å². The van der Waals surface area contributed by atoms with Crippen LogP contribution in [0.15, 0.2) is 30.7 Å². The first kappa shape index (κ1) is 20.9. The average molecular weight is 464 g/mol. The lowest BCUT2D eigenvalue weighted by Gasteiger charge is -2.21. The summed E-state index contributed by atoms with van der Waals surface area (Å²) in [6.45, 7) is 3.48. The number of halogens is 1. The fourth-order valence-corrected chi connectivity index (χ4v) is 4.89. The molecule has 1 aliphatic heterocycles. The van der Waals surface area contributed by atoms with E-state index in [-0.39, 0.29) is 22.6 Å². The molecule has 1 aromatic carbocycles. The first-order valence-electron chi connectivity index (χ1n) is 11.5. The Morgan fingerprint density at radius 2 is 2.00 bits per heavy atom. The number of hydrogen-bond acceptors (Lipinski definition) is 6. The highest BCUT2D eigenvalue weighted by Gasteiger charge is 2.31. The Bertz CT molecular complexity index is 1440. The van der Waals surface area contributed by atoms with E-state index in [1.54, 1.807) is 37.1 Å². The summed E-state index contributed by atoms with van der Waals surface area (Å²) in [6, 6.07) is 3.92. The predicted molar refractivity (Wildman–Crippen MR) is 127 cm³/mol. The van der Waals surface area contributed by atoms with E-state index in [1.807, 2.05) is 6.20 Å². The molecular weight excluding hydrogens is 437 g/mol.